The zero-order chi connectivity index (χ0) is 14.3. The number of nitriles is 2. The summed E-state index contributed by atoms with van der Waals surface area (Å²) >= 11 is 0. The van der Waals surface area contributed by atoms with E-state index in [2.05, 4.69) is 10.5 Å². The third-order valence-corrected chi connectivity index (χ3v) is 2.24. The topological polar surface area (TPSA) is 98.3 Å². The second-order valence-electron chi connectivity index (χ2n) is 3.55. The van der Waals surface area contributed by atoms with Crippen molar-refractivity contribution >= 4 is 17.4 Å². The van der Waals surface area contributed by atoms with Gasteiger partial charge in [0, 0.05) is 0 Å². The predicted octanol–water partition coefficient (Wildman–Crippen LogP) is 1.99. The van der Waals surface area contributed by atoms with Crippen LogP contribution in [0.2, 0.25) is 0 Å². The van der Waals surface area contributed by atoms with E-state index < -0.39 is 5.97 Å². The summed E-state index contributed by atoms with van der Waals surface area (Å²) in [5, 5.41) is 20.7. The molecule has 0 aliphatic carbocycles. The molecule has 0 fully saturated rings. The molecule has 0 saturated carbocycles. The number of anilines is 1. The maximum atomic E-state index is 11.5. The van der Waals surface area contributed by atoms with Gasteiger partial charge in [0.25, 0.3) is 0 Å². The Labute approximate surface area is 110 Å². The Morgan fingerprint density at radius 3 is 2.63 bits per heavy atom. The highest BCUT2D eigenvalue weighted by Gasteiger charge is 2.08. The number of hydrogen-bond donors (Lipinski definition) is 1. The average molecular weight is 256 g/mol. The Hall–Kier alpha value is -2.86. The molecule has 6 heteroatoms. The number of hydrogen-bond acceptors (Lipinski definition) is 6. The molecule has 0 bridgehead atoms. The van der Waals surface area contributed by atoms with Gasteiger partial charge in [-0.2, -0.15) is 15.6 Å². The Morgan fingerprint density at radius 2 is 2.11 bits per heavy atom. The van der Waals surface area contributed by atoms with Gasteiger partial charge in [-0.05, 0) is 37.6 Å². The van der Waals surface area contributed by atoms with Crippen molar-refractivity contribution in [3.63, 3.8) is 0 Å². The van der Waals surface area contributed by atoms with Crippen LogP contribution in [0.15, 0.2) is 23.3 Å². The number of rotatable bonds is 4. The molecule has 0 aromatic heterocycles. The lowest BCUT2D eigenvalue weighted by Crippen LogP contribution is -2.05. The molecule has 1 N–H and O–H groups in total. The van der Waals surface area contributed by atoms with Gasteiger partial charge >= 0.3 is 5.97 Å². The number of hydrazone groups is 1. The molecular weight excluding hydrogens is 244 g/mol. The molecule has 19 heavy (non-hydrogen) atoms. The second kappa shape index (κ2) is 6.77. The lowest BCUT2D eigenvalue weighted by molar-refractivity contribution is 0.0526. The van der Waals surface area contributed by atoms with Crippen LogP contribution >= 0.6 is 0 Å². The molecule has 1 aromatic rings. The summed E-state index contributed by atoms with van der Waals surface area (Å²) in [5.41, 5.74) is 4.14. The summed E-state index contributed by atoms with van der Waals surface area (Å²) in [6.45, 7) is 3.83. The summed E-state index contributed by atoms with van der Waals surface area (Å²) in [6.07, 6.45) is 0. The minimum absolute atomic E-state index is 0.270. The van der Waals surface area contributed by atoms with Crippen LogP contribution in [0.1, 0.15) is 22.8 Å². The highest BCUT2D eigenvalue weighted by Crippen LogP contribution is 2.17. The monoisotopic (exact) mass is 256 g/mol. The van der Waals surface area contributed by atoms with Crippen LogP contribution < -0.4 is 5.43 Å². The van der Waals surface area contributed by atoms with Gasteiger partial charge in [-0.1, -0.05) is 0 Å². The molecule has 6 nitrogen and oxygen atoms in total. The summed E-state index contributed by atoms with van der Waals surface area (Å²) in [5.74, 6) is -0.393. The van der Waals surface area contributed by atoms with Gasteiger partial charge in [0.1, 0.15) is 12.1 Å². The number of carbonyl (C=O) groups excluding carboxylic acids is 1. The fraction of sp³-hybridized carbons (Fsp3) is 0.231. The number of nitrogens with zero attached hydrogens (tertiary/aromatic N) is 3. The van der Waals surface area contributed by atoms with Crippen LogP contribution in [0, 0.1) is 29.6 Å². The van der Waals surface area contributed by atoms with E-state index in [1.54, 1.807) is 44.2 Å². The van der Waals surface area contributed by atoms with Crippen LogP contribution in [0.25, 0.3) is 0 Å². The van der Waals surface area contributed by atoms with E-state index in [4.69, 9.17) is 15.3 Å². The average Bonchev–Trinajstić information content (AvgIpc) is 2.41. The quantitative estimate of drug-likeness (QED) is 0.504. The fourth-order valence-electron chi connectivity index (χ4n) is 1.32. The van der Waals surface area contributed by atoms with E-state index >= 15 is 0 Å². The van der Waals surface area contributed by atoms with Gasteiger partial charge in [0.15, 0.2) is 0 Å². The molecule has 0 aliphatic heterocycles. The Kier molecular flexibility index (Phi) is 5.06. The maximum Gasteiger partial charge on any atom is 0.338 e. The first kappa shape index (κ1) is 14.2. The van der Waals surface area contributed by atoms with Gasteiger partial charge in [-0.3, -0.25) is 5.43 Å². The highest BCUT2D eigenvalue weighted by molar-refractivity contribution is 6.10. The summed E-state index contributed by atoms with van der Waals surface area (Å²) < 4.78 is 4.88. The Bertz CT molecular complexity index is 578. The van der Waals surface area contributed by atoms with Crippen molar-refractivity contribution < 1.29 is 9.53 Å². The second-order valence-corrected chi connectivity index (χ2v) is 3.55. The zero-order valence-electron chi connectivity index (χ0n) is 10.6. The van der Waals surface area contributed by atoms with Crippen molar-refractivity contribution in [1.29, 1.82) is 10.5 Å². The van der Waals surface area contributed by atoms with Gasteiger partial charge in [0.05, 0.1) is 17.9 Å². The number of nitrogens with one attached hydrogen (secondary N) is 1. The molecule has 0 heterocycles. The minimum atomic E-state index is -0.393. The molecule has 0 amide bonds. The van der Waals surface area contributed by atoms with Crippen LogP contribution in [-0.4, -0.2) is 18.3 Å². The van der Waals surface area contributed by atoms with E-state index in [-0.39, 0.29) is 5.71 Å². The van der Waals surface area contributed by atoms with Gasteiger partial charge in [0.2, 0.25) is 5.71 Å². The molecule has 0 spiro atoms. The molecule has 0 atom stereocenters. The largest absolute Gasteiger partial charge is 0.462 e. The number of ether oxygens (including phenoxy) is 1. The molecule has 0 aliphatic rings. The van der Waals surface area contributed by atoms with E-state index in [1.165, 1.54) is 0 Å². The predicted molar refractivity (Wildman–Crippen MR) is 69.4 cm³/mol. The highest BCUT2D eigenvalue weighted by atomic mass is 16.5. The Morgan fingerprint density at radius 1 is 1.42 bits per heavy atom. The molecular formula is C13H12N4O2. The summed E-state index contributed by atoms with van der Waals surface area (Å²) in [4.78, 5) is 11.5. The number of carbonyl (C=O) groups is 1. The van der Waals surface area contributed by atoms with E-state index in [0.29, 0.717) is 17.9 Å². The minimum Gasteiger partial charge on any atom is -0.462 e. The lowest BCUT2D eigenvalue weighted by atomic mass is 10.1. The number of benzene rings is 1. The zero-order valence-corrected chi connectivity index (χ0v) is 10.6. The first-order valence-electron chi connectivity index (χ1n) is 5.54. The lowest BCUT2D eigenvalue weighted by Gasteiger charge is -2.07. The summed E-state index contributed by atoms with van der Waals surface area (Å²) in [6, 6.07) is 8.15. The third-order valence-electron chi connectivity index (χ3n) is 2.24. The first-order valence-corrected chi connectivity index (χ1v) is 5.54. The normalized spacial score (nSPS) is 8.84. The Balaban J connectivity index is 2.91. The van der Waals surface area contributed by atoms with Gasteiger partial charge < -0.3 is 4.74 Å². The van der Waals surface area contributed by atoms with E-state index in [0.717, 1.165) is 5.56 Å². The van der Waals surface area contributed by atoms with Crippen molar-refractivity contribution in [1.82, 2.24) is 0 Å². The summed E-state index contributed by atoms with van der Waals surface area (Å²) in [7, 11) is 0. The smallest absolute Gasteiger partial charge is 0.338 e. The number of esters is 1. The van der Waals surface area contributed by atoms with Crippen molar-refractivity contribution in [3.8, 4) is 12.1 Å². The molecule has 1 aromatic carbocycles. The van der Waals surface area contributed by atoms with Crippen LogP contribution in [0.5, 0.6) is 0 Å². The fourth-order valence-corrected chi connectivity index (χ4v) is 1.32. The molecule has 96 valence electrons. The molecule has 1 rings (SSSR count). The molecule has 0 unspecified atom stereocenters. The third kappa shape index (κ3) is 3.83. The van der Waals surface area contributed by atoms with Crippen LogP contribution in [0.4, 0.5) is 5.69 Å². The first-order chi connectivity index (χ1) is 9.12. The van der Waals surface area contributed by atoms with E-state index in [1.807, 2.05) is 0 Å². The molecule has 0 saturated heterocycles. The van der Waals surface area contributed by atoms with Crippen LogP contribution in [0.3, 0.4) is 0 Å². The van der Waals surface area contributed by atoms with E-state index in [9.17, 15) is 4.79 Å². The van der Waals surface area contributed by atoms with Gasteiger partial charge in [-0.15, -0.1) is 0 Å². The van der Waals surface area contributed by atoms with Crippen molar-refractivity contribution in [2.75, 3.05) is 12.0 Å². The SMILES string of the molecule is CCOC(=O)c1ccc(NN=C(C#N)C#N)c(C)c1. The maximum absolute atomic E-state index is 11.5. The molecule has 0 radical (unpaired) electrons. The van der Waals surface area contributed by atoms with Crippen LogP contribution in [-0.2, 0) is 4.74 Å². The van der Waals surface area contributed by atoms with Crippen molar-refractivity contribution in [2.45, 2.75) is 13.8 Å². The standard InChI is InChI=1S/C13H12N4O2/c1-3-19-13(18)10-4-5-12(9(2)6-10)17-16-11(7-14)8-15/h4-6,17H,3H2,1-2H3. The van der Waals surface area contributed by atoms with Crippen molar-refractivity contribution in [2.24, 2.45) is 5.10 Å². The van der Waals surface area contributed by atoms with Crippen molar-refractivity contribution in [3.05, 3.63) is 29.3 Å². The number of aryl methyl sites for hydroxylation is 1. The van der Waals surface area contributed by atoms with Gasteiger partial charge in [-0.25, -0.2) is 4.79 Å².